The smallest absolute Gasteiger partial charge is 0.127 e. The summed E-state index contributed by atoms with van der Waals surface area (Å²) in [6.45, 7) is 7.94. The zero-order valence-electron chi connectivity index (χ0n) is 13.2. The van der Waals surface area contributed by atoms with Crippen molar-refractivity contribution >= 4 is 17.4 Å². The van der Waals surface area contributed by atoms with Crippen LogP contribution in [0.2, 0.25) is 0 Å². The molecule has 1 fully saturated rings. The normalized spacial score (nSPS) is 43.0. The molecule has 0 radical (unpaired) electrons. The largest absolute Gasteiger partial charge is 0.386 e. The molecule has 2 aliphatic carbocycles. The Morgan fingerprint density at radius 3 is 2.57 bits per heavy atom. The minimum atomic E-state index is -0.871. The van der Waals surface area contributed by atoms with Gasteiger partial charge in [-0.15, -0.1) is 0 Å². The third-order valence-electron chi connectivity index (χ3n) is 5.42. The number of isothiocyanates is 1. The van der Waals surface area contributed by atoms with E-state index in [1.807, 2.05) is 19.9 Å². The lowest BCUT2D eigenvalue weighted by atomic mass is 9.57. The minimum absolute atomic E-state index is 0.103. The van der Waals surface area contributed by atoms with Crippen LogP contribution in [0, 0.1) is 11.8 Å². The lowest BCUT2D eigenvalue weighted by Gasteiger charge is -2.53. The average molecular weight is 311 g/mol. The summed E-state index contributed by atoms with van der Waals surface area (Å²) in [5.41, 5.74) is -0.990. The SMILES string of the molecule is CC(C)[C@]1(OO)CC[C@](C)(N=C=S)[C@@H]2CC[C@@](C)(O)C=C21. The summed E-state index contributed by atoms with van der Waals surface area (Å²) < 4.78 is 0. The summed E-state index contributed by atoms with van der Waals surface area (Å²) in [6.07, 6.45) is 4.76. The van der Waals surface area contributed by atoms with E-state index < -0.39 is 11.2 Å². The van der Waals surface area contributed by atoms with Crippen molar-refractivity contribution in [2.75, 3.05) is 0 Å². The Morgan fingerprint density at radius 2 is 2.05 bits per heavy atom. The molecule has 0 aliphatic heterocycles. The predicted octanol–water partition coefficient (Wildman–Crippen LogP) is 3.61. The van der Waals surface area contributed by atoms with Crippen LogP contribution < -0.4 is 0 Å². The zero-order chi connectivity index (χ0) is 15.9. The summed E-state index contributed by atoms with van der Waals surface area (Å²) >= 11 is 4.81. The van der Waals surface area contributed by atoms with Crippen LogP contribution in [-0.4, -0.2) is 32.3 Å². The van der Waals surface area contributed by atoms with Crippen molar-refractivity contribution in [1.82, 2.24) is 0 Å². The Labute approximate surface area is 131 Å². The van der Waals surface area contributed by atoms with E-state index in [9.17, 15) is 10.4 Å². The van der Waals surface area contributed by atoms with E-state index in [0.29, 0.717) is 12.8 Å². The molecule has 2 aliphatic rings. The van der Waals surface area contributed by atoms with E-state index in [0.717, 1.165) is 18.4 Å². The Hall–Kier alpha value is -0.580. The van der Waals surface area contributed by atoms with Gasteiger partial charge in [0, 0.05) is 5.92 Å². The molecule has 0 saturated heterocycles. The maximum atomic E-state index is 10.4. The monoisotopic (exact) mass is 311 g/mol. The van der Waals surface area contributed by atoms with Gasteiger partial charge in [0.1, 0.15) is 5.60 Å². The second-order valence-corrected chi connectivity index (χ2v) is 7.43. The molecule has 2 N–H and O–H groups in total. The summed E-state index contributed by atoms with van der Waals surface area (Å²) in [5.74, 6) is 0.211. The zero-order valence-corrected chi connectivity index (χ0v) is 14.0. The fraction of sp³-hybridized carbons (Fsp3) is 0.812. The molecular formula is C16H25NO3S. The van der Waals surface area contributed by atoms with E-state index in [4.69, 9.17) is 17.1 Å². The quantitative estimate of drug-likeness (QED) is 0.275. The molecule has 0 spiro atoms. The topological polar surface area (TPSA) is 62.0 Å². The first-order valence-corrected chi connectivity index (χ1v) is 7.99. The van der Waals surface area contributed by atoms with Crippen molar-refractivity contribution in [1.29, 1.82) is 0 Å². The van der Waals surface area contributed by atoms with Gasteiger partial charge in [0.05, 0.1) is 16.3 Å². The molecule has 0 bridgehead atoms. The van der Waals surface area contributed by atoms with Crippen LogP contribution in [0.1, 0.15) is 53.4 Å². The fourth-order valence-corrected chi connectivity index (χ4v) is 4.19. The highest BCUT2D eigenvalue weighted by Crippen LogP contribution is 2.54. The number of nitrogens with zero attached hydrogens (tertiary/aromatic N) is 1. The van der Waals surface area contributed by atoms with Crippen LogP contribution in [0.25, 0.3) is 0 Å². The predicted molar refractivity (Wildman–Crippen MR) is 85.4 cm³/mol. The lowest BCUT2D eigenvalue weighted by Crippen LogP contribution is -2.55. The molecule has 0 heterocycles. The van der Waals surface area contributed by atoms with E-state index in [1.165, 1.54) is 0 Å². The molecule has 5 heteroatoms. The first-order chi connectivity index (χ1) is 9.71. The molecule has 21 heavy (non-hydrogen) atoms. The van der Waals surface area contributed by atoms with Crippen LogP contribution in [0.3, 0.4) is 0 Å². The maximum Gasteiger partial charge on any atom is 0.127 e. The third kappa shape index (κ3) is 2.73. The van der Waals surface area contributed by atoms with Gasteiger partial charge in [0.15, 0.2) is 0 Å². The van der Waals surface area contributed by atoms with Gasteiger partial charge >= 0.3 is 0 Å². The number of aliphatic imine (C=N–C) groups is 1. The van der Waals surface area contributed by atoms with Crippen LogP contribution >= 0.6 is 12.2 Å². The Kier molecular flexibility index (Phi) is 4.45. The van der Waals surface area contributed by atoms with Crippen molar-refractivity contribution in [3.63, 3.8) is 0 Å². The maximum absolute atomic E-state index is 10.4. The van der Waals surface area contributed by atoms with Gasteiger partial charge in [-0.25, -0.2) is 9.88 Å². The fourth-order valence-electron chi connectivity index (χ4n) is 3.98. The Morgan fingerprint density at radius 1 is 1.38 bits per heavy atom. The number of hydrogen-bond acceptors (Lipinski definition) is 5. The standard InChI is InChI=1S/C16H25NO3S/c1-11(2)16(20-19)8-7-15(4,17-10-21)12-5-6-14(3,18)9-13(12)16/h9,11-12,18-19H,5-8H2,1-4H3/t12-,14-,15+,16-/m1/s1. The van der Waals surface area contributed by atoms with Crippen LogP contribution in [0.4, 0.5) is 0 Å². The molecule has 0 amide bonds. The number of fused-ring (bicyclic) bond motifs is 1. The Balaban J connectivity index is 2.57. The molecule has 0 aromatic rings. The second kappa shape index (κ2) is 5.56. The molecule has 4 nitrogen and oxygen atoms in total. The van der Waals surface area contributed by atoms with Crippen LogP contribution in [0.15, 0.2) is 16.6 Å². The van der Waals surface area contributed by atoms with E-state index in [-0.39, 0.29) is 17.4 Å². The highest BCUT2D eigenvalue weighted by Gasteiger charge is 2.55. The average Bonchev–Trinajstić information content (AvgIpc) is 2.38. The molecular weight excluding hydrogens is 286 g/mol. The first-order valence-electron chi connectivity index (χ1n) is 7.58. The van der Waals surface area contributed by atoms with Gasteiger partial charge in [-0.3, -0.25) is 5.26 Å². The molecule has 2 rings (SSSR count). The van der Waals surface area contributed by atoms with Crippen LogP contribution in [-0.2, 0) is 4.89 Å². The molecule has 4 atom stereocenters. The molecule has 1 saturated carbocycles. The summed E-state index contributed by atoms with van der Waals surface area (Å²) in [4.78, 5) is 9.42. The molecule has 0 aromatic heterocycles. The van der Waals surface area contributed by atoms with Gasteiger partial charge in [-0.1, -0.05) is 19.9 Å². The molecule has 0 unspecified atom stereocenters. The van der Waals surface area contributed by atoms with Crippen molar-refractivity contribution in [2.24, 2.45) is 16.8 Å². The molecule has 118 valence electrons. The van der Waals surface area contributed by atoms with Crippen molar-refractivity contribution in [3.05, 3.63) is 11.6 Å². The van der Waals surface area contributed by atoms with Gasteiger partial charge < -0.3 is 5.11 Å². The Bertz CT molecular complexity index is 496. The van der Waals surface area contributed by atoms with Gasteiger partial charge in [-0.2, -0.15) is 0 Å². The van der Waals surface area contributed by atoms with Crippen molar-refractivity contribution in [3.8, 4) is 0 Å². The van der Waals surface area contributed by atoms with E-state index in [1.54, 1.807) is 6.92 Å². The molecule has 0 aromatic carbocycles. The number of hydrogen-bond donors (Lipinski definition) is 2. The lowest BCUT2D eigenvalue weighted by molar-refractivity contribution is -0.331. The summed E-state index contributed by atoms with van der Waals surface area (Å²) in [5, 5.41) is 22.6. The number of aliphatic hydroxyl groups is 1. The van der Waals surface area contributed by atoms with Gasteiger partial charge in [0.25, 0.3) is 0 Å². The number of rotatable bonds is 3. The van der Waals surface area contributed by atoms with Gasteiger partial charge in [-0.05, 0) is 63.2 Å². The third-order valence-corrected chi connectivity index (χ3v) is 5.51. The number of thiocarbonyl (C=S) groups is 1. The van der Waals surface area contributed by atoms with Crippen LogP contribution in [0.5, 0.6) is 0 Å². The van der Waals surface area contributed by atoms with Crippen molar-refractivity contribution < 1.29 is 15.3 Å². The van der Waals surface area contributed by atoms with Gasteiger partial charge in [0.2, 0.25) is 0 Å². The van der Waals surface area contributed by atoms with E-state index in [2.05, 4.69) is 17.1 Å². The van der Waals surface area contributed by atoms with Crippen molar-refractivity contribution in [2.45, 2.75) is 70.1 Å². The minimum Gasteiger partial charge on any atom is -0.386 e. The van der Waals surface area contributed by atoms with E-state index >= 15 is 0 Å². The summed E-state index contributed by atoms with van der Waals surface area (Å²) in [6, 6.07) is 0. The second-order valence-electron chi connectivity index (χ2n) is 7.24. The highest BCUT2D eigenvalue weighted by molar-refractivity contribution is 7.78. The summed E-state index contributed by atoms with van der Waals surface area (Å²) in [7, 11) is 0. The highest BCUT2D eigenvalue weighted by atomic mass is 32.1. The first kappa shape index (κ1) is 16.8.